The van der Waals surface area contributed by atoms with Crippen LogP contribution in [0.25, 0.3) is 0 Å². The average molecular weight is 615 g/mol. The van der Waals surface area contributed by atoms with Crippen molar-refractivity contribution in [3.8, 4) is 0 Å². The maximum atomic E-state index is 12.7. The molecule has 3 atom stereocenters. The van der Waals surface area contributed by atoms with Gasteiger partial charge >= 0.3 is 17.6 Å². The summed E-state index contributed by atoms with van der Waals surface area (Å²) in [6.07, 6.45) is 0.873. The number of nitrogens with zero attached hydrogens (tertiary/aromatic N) is 2. The summed E-state index contributed by atoms with van der Waals surface area (Å²) in [7, 11) is 0. The fourth-order valence-corrected chi connectivity index (χ4v) is 4.07. The number of esters is 2. The lowest BCUT2D eigenvalue weighted by Gasteiger charge is -2.19. The molecule has 8 nitrogen and oxygen atoms in total. The highest BCUT2D eigenvalue weighted by atomic mass is 127. The van der Waals surface area contributed by atoms with Gasteiger partial charge in [-0.25, -0.2) is 19.4 Å². The SMILES string of the molecule is O=C(OC[C@H]1OC(n2cc(I)cnc2=O)C[C@@H]1OC(=O)c1ccc(Cl)cc1)c1ccc(Cl)cc1. The van der Waals surface area contributed by atoms with Gasteiger partial charge in [0.05, 0.1) is 11.1 Å². The van der Waals surface area contributed by atoms with Gasteiger partial charge in [0.1, 0.15) is 25.0 Å². The molecule has 0 aliphatic carbocycles. The highest BCUT2D eigenvalue weighted by Gasteiger charge is 2.40. The van der Waals surface area contributed by atoms with E-state index in [0.29, 0.717) is 21.2 Å². The van der Waals surface area contributed by atoms with Crippen molar-refractivity contribution in [3.63, 3.8) is 0 Å². The Morgan fingerprint density at radius 2 is 1.62 bits per heavy atom. The molecule has 34 heavy (non-hydrogen) atoms. The van der Waals surface area contributed by atoms with E-state index in [-0.39, 0.29) is 13.0 Å². The summed E-state index contributed by atoms with van der Waals surface area (Å²) in [6.45, 7) is -0.192. The van der Waals surface area contributed by atoms with Crippen molar-refractivity contribution in [1.29, 1.82) is 0 Å². The predicted octanol–water partition coefficient (Wildman–Crippen LogP) is 4.52. The zero-order valence-corrected chi connectivity index (χ0v) is 21.1. The minimum Gasteiger partial charge on any atom is -0.459 e. The van der Waals surface area contributed by atoms with E-state index in [4.69, 9.17) is 37.4 Å². The van der Waals surface area contributed by atoms with Crippen LogP contribution in [0.4, 0.5) is 0 Å². The van der Waals surface area contributed by atoms with Crippen LogP contribution in [0.2, 0.25) is 10.0 Å². The predicted molar refractivity (Wildman–Crippen MR) is 132 cm³/mol. The van der Waals surface area contributed by atoms with Crippen molar-refractivity contribution in [1.82, 2.24) is 9.55 Å². The number of hydrogen-bond donors (Lipinski definition) is 0. The van der Waals surface area contributed by atoms with Gasteiger partial charge < -0.3 is 14.2 Å². The summed E-state index contributed by atoms with van der Waals surface area (Å²) >= 11 is 13.8. The maximum absolute atomic E-state index is 12.7. The molecule has 1 aromatic heterocycles. The van der Waals surface area contributed by atoms with Crippen molar-refractivity contribution in [3.05, 3.63) is 96.2 Å². The van der Waals surface area contributed by atoms with Gasteiger partial charge in [-0.15, -0.1) is 0 Å². The summed E-state index contributed by atoms with van der Waals surface area (Å²) in [6, 6.07) is 12.5. The van der Waals surface area contributed by atoms with Crippen molar-refractivity contribution in [2.75, 3.05) is 6.61 Å². The summed E-state index contributed by atoms with van der Waals surface area (Å²) in [5, 5.41) is 0.975. The van der Waals surface area contributed by atoms with Crippen LogP contribution < -0.4 is 5.69 Å². The van der Waals surface area contributed by atoms with Gasteiger partial charge in [-0.05, 0) is 71.1 Å². The zero-order valence-electron chi connectivity index (χ0n) is 17.4. The van der Waals surface area contributed by atoms with E-state index >= 15 is 0 Å². The summed E-state index contributed by atoms with van der Waals surface area (Å²) in [5.41, 5.74) is 0.108. The normalized spacial score (nSPS) is 19.6. The minimum atomic E-state index is -0.803. The monoisotopic (exact) mass is 614 g/mol. The molecule has 1 saturated heterocycles. The molecular weight excluding hydrogens is 598 g/mol. The fourth-order valence-electron chi connectivity index (χ4n) is 3.38. The van der Waals surface area contributed by atoms with Crippen LogP contribution in [0.1, 0.15) is 33.4 Å². The van der Waals surface area contributed by atoms with E-state index in [9.17, 15) is 14.4 Å². The van der Waals surface area contributed by atoms with Gasteiger partial charge in [0.2, 0.25) is 0 Å². The molecule has 0 N–H and O–H groups in total. The Morgan fingerprint density at radius 1 is 1.03 bits per heavy atom. The number of carbonyl (C=O) groups is 2. The molecular formula is C23H17Cl2IN2O6. The highest BCUT2D eigenvalue weighted by Crippen LogP contribution is 2.31. The Morgan fingerprint density at radius 3 is 2.24 bits per heavy atom. The average Bonchev–Trinajstić information content (AvgIpc) is 3.22. The lowest BCUT2D eigenvalue weighted by molar-refractivity contribution is -0.0582. The molecule has 0 spiro atoms. The van der Waals surface area contributed by atoms with E-state index in [1.165, 1.54) is 22.9 Å². The van der Waals surface area contributed by atoms with Crippen LogP contribution in [0.5, 0.6) is 0 Å². The van der Waals surface area contributed by atoms with Gasteiger partial charge in [-0.1, -0.05) is 23.2 Å². The van der Waals surface area contributed by atoms with Gasteiger partial charge in [-0.3, -0.25) is 4.57 Å². The number of halogens is 3. The number of hydrogen-bond acceptors (Lipinski definition) is 7. The molecule has 1 aliphatic rings. The number of ether oxygens (including phenoxy) is 3. The van der Waals surface area contributed by atoms with Gasteiger partial charge in [0.25, 0.3) is 0 Å². The van der Waals surface area contributed by atoms with Crippen LogP contribution in [0.15, 0.2) is 65.7 Å². The largest absolute Gasteiger partial charge is 0.459 e. The standard InChI is InChI=1S/C23H17Cl2IN2O6/c24-15-5-1-13(2-6-15)21(29)32-12-19-18(34-22(30)14-3-7-16(25)8-4-14)9-20(33-19)28-11-17(26)10-27-23(28)31/h1-8,10-11,18-20H,9,12H2/t18-,19+,20?/m0/s1. The van der Waals surface area contributed by atoms with E-state index < -0.39 is 36.1 Å². The third-order valence-corrected chi connectivity index (χ3v) is 6.13. The van der Waals surface area contributed by atoms with Crippen LogP contribution >= 0.6 is 45.8 Å². The van der Waals surface area contributed by atoms with Crippen LogP contribution in [-0.2, 0) is 14.2 Å². The Hall–Kier alpha value is -2.47. The van der Waals surface area contributed by atoms with Crippen LogP contribution in [0.3, 0.4) is 0 Å². The molecule has 0 bridgehead atoms. The Bertz CT molecular complexity index is 1250. The van der Waals surface area contributed by atoms with Crippen molar-refractivity contribution in [2.24, 2.45) is 0 Å². The first-order chi connectivity index (χ1) is 16.3. The lowest BCUT2D eigenvalue weighted by Crippen LogP contribution is -2.32. The Labute approximate surface area is 217 Å². The first-order valence-electron chi connectivity index (χ1n) is 10.1. The zero-order chi connectivity index (χ0) is 24.2. The molecule has 2 heterocycles. The molecule has 1 fully saturated rings. The molecule has 176 valence electrons. The molecule has 1 unspecified atom stereocenters. The number of rotatable bonds is 6. The molecule has 4 rings (SSSR count). The van der Waals surface area contributed by atoms with E-state index in [2.05, 4.69) is 4.98 Å². The van der Waals surface area contributed by atoms with Gasteiger partial charge in [-0.2, -0.15) is 0 Å². The van der Waals surface area contributed by atoms with E-state index in [0.717, 1.165) is 3.57 Å². The van der Waals surface area contributed by atoms with E-state index in [1.54, 1.807) is 42.6 Å². The van der Waals surface area contributed by atoms with Crippen LogP contribution in [-0.4, -0.2) is 40.3 Å². The smallest absolute Gasteiger partial charge is 0.349 e. The van der Waals surface area contributed by atoms with E-state index in [1.807, 2.05) is 22.6 Å². The van der Waals surface area contributed by atoms with Crippen molar-refractivity contribution in [2.45, 2.75) is 24.9 Å². The summed E-state index contributed by atoms with van der Waals surface area (Å²) in [4.78, 5) is 41.2. The van der Waals surface area contributed by atoms with Crippen molar-refractivity contribution < 1.29 is 23.8 Å². The molecule has 0 radical (unpaired) electrons. The van der Waals surface area contributed by atoms with Gasteiger partial charge in [0, 0.05) is 32.4 Å². The molecule has 0 saturated carbocycles. The lowest BCUT2D eigenvalue weighted by atomic mass is 10.1. The molecule has 11 heteroatoms. The topological polar surface area (TPSA) is 96.7 Å². The number of aromatic nitrogens is 2. The third-order valence-electron chi connectivity index (χ3n) is 5.07. The van der Waals surface area contributed by atoms with Gasteiger partial charge in [0.15, 0.2) is 0 Å². The Balaban J connectivity index is 1.51. The summed E-state index contributed by atoms with van der Waals surface area (Å²) < 4.78 is 19.1. The molecule has 3 aromatic rings. The summed E-state index contributed by atoms with van der Waals surface area (Å²) in [5.74, 6) is -1.17. The maximum Gasteiger partial charge on any atom is 0.349 e. The second-order valence-corrected chi connectivity index (χ2v) is 9.50. The first kappa shape index (κ1) is 24.6. The van der Waals surface area contributed by atoms with Crippen molar-refractivity contribution >= 4 is 57.7 Å². The third kappa shape index (κ3) is 5.96. The number of carbonyl (C=O) groups excluding carboxylic acids is 2. The highest BCUT2D eigenvalue weighted by molar-refractivity contribution is 14.1. The number of benzene rings is 2. The fraction of sp³-hybridized carbons (Fsp3) is 0.217. The Kier molecular flexibility index (Phi) is 7.87. The first-order valence-corrected chi connectivity index (χ1v) is 11.9. The second-order valence-electron chi connectivity index (χ2n) is 7.38. The molecule has 1 aliphatic heterocycles. The quantitative estimate of drug-likeness (QED) is 0.297. The second kappa shape index (κ2) is 10.9. The van der Waals surface area contributed by atoms with Crippen LogP contribution in [0, 0.1) is 3.57 Å². The molecule has 0 amide bonds. The molecule has 2 aromatic carbocycles. The minimum absolute atomic E-state index is 0.171.